The molecule has 4 nitrogen and oxygen atoms in total. The van der Waals surface area contributed by atoms with Gasteiger partial charge in [0, 0.05) is 11.6 Å². The molecule has 1 amide bonds. The summed E-state index contributed by atoms with van der Waals surface area (Å²) in [7, 11) is 3.06. The van der Waals surface area contributed by atoms with Crippen LogP contribution in [0.3, 0.4) is 0 Å². The van der Waals surface area contributed by atoms with Crippen LogP contribution < -0.4 is 14.8 Å². The van der Waals surface area contributed by atoms with Crippen LogP contribution in [-0.2, 0) is 0 Å². The highest BCUT2D eigenvalue weighted by Gasteiger charge is 2.12. The summed E-state index contributed by atoms with van der Waals surface area (Å²) in [5.41, 5.74) is 1.15. The van der Waals surface area contributed by atoms with Gasteiger partial charge in [-0.05, 0) is 24.3 Å². The van der Waals surface area contributed by atoms with Gasteiger partial charge < -0.3 is 14.8 Å². The first-order chi connectivity index (χ1) is 11.2. The lowest BCUT2D eigenvalue weighted by atomic mass is 10.1. The Labute approximate surface area is 140 Å². The van der Waals surface area contributed by atoms with Crippen LogP contribution in [0.4, 0.5) is 0 Å². The van der Waals surface area contributed by atoms with Crippen molar-refractivity contribution in [2.75, 3.05) is 20.8 Å². The van der Waals surface area contributed by atoms with E-state index < -0.39 is 0 Å². The number of amides is 1. The molecule has 0 spiro atoms. The van der Waals surface area contributed by atoms with E-state index in [0.717, 1.165) is 5.56 Å². The second-order valence-corrected chi connectivity index (χ2v) is 4.94. The fourth-order valence-electron chi connectivity index (χ4n) is 1.91. The molecule has 2 rings (SSSR count). The largest absolute Gasteiger partial charge is 0.497 e. The molecule has 0 fully saturated rings. The number of carbonyl (C=O) groups is 1. The highest BCUT2D eigenvalue weighted by atomic mass is 35.5. The molecule has 0 atom stereocenters. The number of ether oxygens (including phenoxy) is 2. The van der Waals surface area contributed by atoms with E-state index in [1.165, 1.54) is 7.11 Å². The lowest BCUT2D eigenvalue weighted by Gasteiger charge is -2.09. The maximum absolute atomic E-state index is 12.2. The molecule has 5 heteroatoms. The zero-order valence-electron chi connectivity index (χ0n) is 12.9. The van der Waals surface area contributed by atoms with Crippen LogP contribution in [0.2, 0.25) is 5.02 Å². The average Bonchev–Trinajstić information content (AvgIpc) is 2.59. The number of methoxy groups -OCH3 is 2. The lowest BCUT2D eigenvalue weighted by molar-refractivity contribution is 0.0955. The van der Waals surface area contributed by atoms with E-state index in [-0.39, 0.29) is 12.5 Å². The number of benzene rings is 2. The second-order valence-electron chi connectivity index (χ2n) is 4.53. The van der Waals surface area contributed by atoms with Crippen molar-refractivity contribution in [2.45, 2.75) is 0 Å². The van der Waals surface area contributed by atoms with E-state index in [0.29, 0.717) is 22.1 Å². The molecule has 0 heterocycles. The summed E-state index contributed by atoms with van der Waals surface area (Å²) in [6.07, 6.45) is 0. The van der Waals surface area contributed by atoms with Crippen LogP contribution >= 0.6 is 11.6 Å². The van der Waals surface area contributed by atoms with Crippen LogP contribution in [0.15, 0.2) is 42.5 Å². The molecule has 0 aromatic heterocycles. The summed E-state index contributed by atoms with van der Waals surface area (Å²) in [6.45, 7) is 0.208. The van der Waals surface area contributed by atoms with Gasteiger partial charge in [0.1, 0.15) is 11.5 Å². The summed E-state index contributed by atoms with van der Waals surface area (Å²) in [5.74, 6) is 6.59. The van der Waals surface area contributed by atoms with E-state index in [4.69, 9.17) is 21.1 Å². The van der Waals surface area contributed by atoms with Gasteiger partial charge in [0.05, 0.1) is 31.4 Å². The molecule has 23 heavy (non-hydrogen) atoms. The third-order valence-corrected chi connectivity index (χ3v) is 3.42. The molecule has 1 N–H and O–H groups in total. The molecule has 0 aliphatic carbocycles. The second kappa shape index (κ2) is 8.11. The number of halogens is 1. The van der Waals surface area contributed by atoms with Crippen molar-refractivity contribution in [3.05, 3.63) is 58.6 Å². The fraction of sp³-hybridized carbons (Fsp3) is 0.167. The molecule has 0 radical (unpaired) electrons. The van der Waals surface area contributed by atoms with Crippen LogP contribution in [0, 0.1) is 11.8 Å². The first kappa shape index (κ1) is 16.7. The van der Waals surface area contributed by atoms with Crippen molar-refractivity contribution < 1.29 is 14.3 Å². The van der Waals surface area contributed by atoms with Crippen LogP contribution in [-0.4, -0.2) is 26.7 Å². The first-order valence-electron chi connectivity index (χ1n) is 6.89. The number of nitrogens with one attached hydrogen (secondary N) is 1. The predicted molar refractivity (Wildman–Crippen MR) is 90.2 cm³/mol. The van der Waals surface area contributed by atoms with Gasteiger partial charge in [0.25, 0.3) is 5.91 Å². The average molecular weight is 330 g/mol. The molecule has 0 saturated heterocycles. The third-order valence-electron chi connectivity index (χ3n) is 3.09. The van der Waals surface area contributed by atoms with Crippen molar-refractivity contribution in [1.29, 1.82) is 0 Å². The molecule has 0 unspecified atom stereocenters. The molecule has 0 aliphatic rings. The summed E-state index contributed by atoms with van der Waals surface area (Å²) in [4.78, 5) is 12.2. The van der Waals surface area contributed by atoms with Gasteiger partial charge in [0.15, 0.2) is 0 Å². The molecular formula is C18H16ClNO3. The Kier molecular flexibility index (Phi) is 5.90. The normalized spacial score (nSPS) is 9.52. The van der Waals surface area contributed by atoms with Crippen LogP contribution in [0.5, 0.6) is 11.5 Å². The summed E-state index contributed by atoms with van der Waals surface area (Å²) in [6, 6.07) is 12.3. The Balaban J connectivity index is 2.02. The molecule has 0 saturated carbocycles. The predicted octanol–water partition coefficient (Wildman–Crippen LogP) is 3.14. The van der Waals surface area contributed by atoms with Crippen LogP contribution in [0.1, 0.15) is 15.9 Å². The smallest absolute Gasteiger partial charge is 0.255 e. The zero-order valence-corrected chi connectivity index (χ0v) is 13.6. The van der Waals surface area contributed by atoms with Gasteiger partial charge in [-0.15, -0.1) is 0 Å². The van der Waals surface area contributed by atoms with Gasteiger partial charge in [-0.25, -0.2) is 0 Å². The number of carbonyl (C=O) groups excluding carboxylic acids is 1. The molecule has 2 aromatic carbocycles. The van der Waals surface area contributed by atoms with Crippen molar-refractivity contribution in [3.8, 4) is 23.3 Å². The van der Waals surface area contributed by atoms with Crippen molar-refractivity contribution in [1.82, 2.24) is 5.32 Å². The van der Waals surface area contributed by atoms with Gasteiger partial charge in [-0.2, -0.15) is 0 Å². The van der Waals surface area contributed by atoms with E-state index in [2.05, 4.69) is 17.2 Å². The fourth-order valence-corrected chi connectivity index (χ4v) is 2.09. The minimum atomic E-state index is -0.266. The number of hydrogen-bond acceptors (Lipinski definition) is 3. The van der Waals surface area contributed by atoms with Gasteiger partial charge in [0.2, 0.25) is 0 Å². The summed E-state index contributed by atoms with van der Waals surface area (Å²) >= 11 is 6.01. The Morgan fingerprint density at radius 1 is 1.17 bits per heavy atom. The van der Waals surface area contributed by atoms with Crippen molar-refractivity contribution >= 4 is 17.5 Å². The Morgan fingerprint density at radius 3 is 2.65 bits per heavy atom. The minimum Gasteiger partial charge on any atom is -0.497 e. The zero-order chi connectivity index (χ0) is 16.7. The molecular weight excluding hydrogens is 314 g/mol. The highest BCUT2D eigenvalue weighted by Crippen LogP contribution is 2.24. The molecule has 0 aliphatic heterocycles. The first-order valence-corrected chi connectivity index (χ1v) is 7.27. The number of rotatable bonds is 4. The van der Waals surface area contributed by atoms with Gasteiger partial charge in [-0.3, -0.25) is 4.79 Å². The van der Waals surface area contributed by atoms with Gasteiger partial charge in [-0.1, -0.05) is 35.6 Å². The topological polar surface area (TPSA) is 47.6 Å². The Morgan fingerprint density at radius 2 is 1.96 bits per heavy atom. The number of hydrogen-bond donors (Lipinski definition) is 1. The SMILES string of the molecule is COc1ccc(C(=O)NCC#Cc2ccccc2Cl)c(OC)c1. The molecule has 118 valence electrons. The van der Waals surface area contributed by atoms with Crippen LogP contribution in [0.25, 0.3) is 0 Å². The maximum atomic E-state index is 12.2. The van der Waals surface area contributed by atoms with E-state index in [1.807, 2.05) is 18.2 Å². The van der Waals surface area contributed by atoms with Gasteiger partial charge >= 0.3 is 0 Å². The minimum absolute atomic E-state index is 0.208. The van der Waals surface area contributed by atoms with Crippen molar-refractivity contribution in [2.24, 2.45) is 0 Å². The Hall–Kier alpha value is -2.64. The highest BCUT2D eigenvalue weighted by molar-refractivity contribution is 6.31. The Bertz CT molecular complexity index is 762. The summed E-state index contributed by atoms with van der Waals surface area (Å²) < 4.78 is 10.3. The molecule has 2 aromatic rings. The standard InChI is InChI=1S/C18H16ClNO3/c1-22-14-9-10-15(17(12-14)23-2)18(21)20-11-5-7-13-6-3-4-8-16(13)19/h3-4,6,8-10,12H,11H2,1-2H3,(H,20,21). The van der Waals surface area contributed by atoms with E-state index in [1.54, 1.807) is 31.4 Å². The summed E-state index contributed by atoms with van der Waals surface area (Å²) in [5, 5.41) is 3.31. The monoisotopic (exact) mass is 329 g/mol. The molecule has 0 bridgehead atoms. The quantitative estimate of drug-likeness (QED) is 0.877. The lowest BCUT2D eigenvalue weighted by Crippen LogP contribution is -2.24. The maximum Gasteiger partial charge on any atom is 0.255 e. The van der Waals surface area contributed by atoms with E-state index in [9.17, 15) is 4.79 Å². The van der Waals surface area contributed by atoms with E-state index >= 15 is 0 Å². The third kappa shape index (κ3) is 4.41. The van der Waals surface area contributed by atoms with Crippen molar-refractivity contribution in [3.63, 3.8) is 0 Å².